The molecule has 2 aliphatic rings. The maximum atomic E-state index is 9.91. The van der Waals surface area contributed by atoms with Gasteiger partial charge in [0.2, 0.25) is 0 Å². The summed E-state index contributed by atoms with van der Waals surface area (Å²) in [7, 11) is 0. The monoisotopic (exact) mass is 324 g/mol. The van der Waals surface area contributed by atoms with Crippen LogP contribution in [0, 0.1) is 0 Å². The van der Waals surface area contributed by atoms with Crippen LogP contribution < -0.4 is 11.5 Å². The molecule has 1 saturated carbocycles. The summed E-state index contributed by atoms with van der Waals surface area (Å²) >= 11 is 0. The summed E-state index contributed by atoms with van der Waals surface area (Å²) in [5.74, 6) is 0. The van der Waals surface area contributed by atoms with Crippen molar-refractivity contribution in [3.05, 3.63) is 0 Å². The van der Waals surface area contributed by atoms with Crippen molar-refractivity contribution in [1.29, 1.82) is 0 Å². The van der Waals surface area contributed by atoms with E-state index in [0.29, 0.717) is 0 Å². The highest BCUT2D eigenvalue weighted by atomic mass is 16.7. The first-order chi connectivity index (χ1) is 10.3. The molecule has 1 heterocycles. The summed E-state index contributed by atoms with van der Waals surface area (Å²) in [6, 6.07) is -1.14. The van der Waals surface area contributed by atoms with Crippen molar-refractivity contribution in [2.75, 3.05) is 6.54 Å². The number of aliphatic hydroxyl groups is 6. The third-order valence-corrected chi connectivity index (χ3v) is 4.21. The molecular formula is C12H24N2O8. The molecule has 10 N–H and O–H groups in total. The first-order valence-electron chi connectivity index (χ1n) is 7.12. The highest BCUT2D eigenvalue weighted by molar-refractivity contribution is 4.96. The smallest absolute Gasteiger partial charge is 0.176 e. The Labute approximate surface area is 126 Å². The fourth-order valence-corrected chi connectivity index (χ4v) is 2.77. The Morgan fingerprint density at radius 3 is 2.14 bits per heavy atom. The van der Waals surface area contributed by atoms with E-state index in [2.05, 4.69) is 0 Å². The van der Waals surface area contributed by atoms with Gasteiger partial charge in [-0.3, -0.25) is 0 Å². The third-order valence-electron chi connectivity index (χ3n) is 4.21. The summed E-state index contributed by atoms with van der Waals surface area (Å²) < 4.78 is 10.7. The predicted molar refractivity (Wildman–Crippen MR) is 71.2 cm³/mol. The van der Waals surface area contributed by atoms with Crippen molar-refractivity contribution >= 4 is 0 Å². The Morgan fingerprint density at radius 1 is 0.909 bits per heavy atom. The molecule has 0 bridgehead atoms. The van der Waals surface area contributed by atoms with Gasteiger partial charge in [0, 0.05) is 13.0 Å². The minimum Gasteiger partial charge on any atom is -0.390 e. The minimum atomic E-state index is -1.56. The van der Waals surface area contributed by atoms with Crippen molar-refractivity contribution in [3.8, 4) is 0 Å². The standard InChI is InChI=1S/C12H24N2O8/c13-2-5-8(18)9(19)6(14)12(21-5)22-11-4(16)1-3(15)7(17)10(11)20/h3-12,15-20H,1-2,13-14H2/t3-,4-,5+,6+,7-,8+,9+,10+,11+,12+/m0/s1. The number of ether oxygens (including phenoxy) is 2. The molecular weight excluding hydrogens is 300 g/mol. The summed E-state index contributed by atoms with van der Waals surface area (Å²) in [5, 5.41) is 58.6. The van der Waals surface area contributed by atoms with E-state index in [0.717, 1.165) is 0 Å². The molecule has 1 saturated heterocycles. The van der Waals surface area contributed by atoms with Crippen molar-refractivity contribution in [2.24, 2.45) is 11.5 Å². The molecule has 0 aromatic carbocycles. The molecule has 22 heavy (non-hydrogen) atoms. The van der Waals surface area contributed by atoms with Crippen molar-refractivity contribution < 1.29 is 40.1 Å². The molecule has 0 amide bonds. The first-order valence-corrected chi connectivity index (χ1v) is 7.12. The van der Waals surface area contributed by atoms with Gasteiger partial charge in [0.05, 0.1) is 18.2 Å². The molecule has 130 valence electrons. The van der Waals surface area contributed by atoms with E-state index in [1.54, 1.807) is 0 Å². The zero-order valence-corrected chi connectivity index (χ0v) is 11.8. The molecule has 1 aliphatic carbocycles. The maximum Gasteiger partial charge on any atom is 0.176 e. The topological polar surface area (TPSA) is 192 Å². The molecule has 10 atom stereocenters. The van der Waals surface area contributed by atoms with E-state index in [9.17, 15) is 30.6 Å². The highest BCUT2D eigenvalue weighted by Gasteiger charge is 2.48. The largest absolute Gasteiger partial charge is 0.390 e. The zero-order valence-electron chi connectivity index (χ0n) is 11.8. The van der Waals surface area contributed by atoms with Gasteiger partial charge in [0.1, 0.15) is 36.6 Å². The normalized spacial score (nSPS) is 53.5. The zero-order chi connectivity index (χ0) is 16.6. The molecule has 10 heteroatoms. The lowest BCUT2D eigenvalue weighted by Crippen LogP contribution is -2.66. The summed E-state index contributed by atoms with van der Waals surface area (Å²) in [6.07, 6.45) is -11.9. The molecule has 0 aromatic rings. The quantitative estimate of drug-likeness (QED) is 0.249. The average molecular weight is 324 g/mol. The van der Waals surface area contributed by atoms with Gasteiger partial charge in [0.15, 0.2) is 6.29 Å². The van der Waals surface area contributed by atoms with E-state index in [1.165, 1.54) is 0 Å². The Morgan fingerprint density at radius 2 is 1.55 bits per heavy atom. The van der Waals surface area contributed by atoms with E-state index in [4.69, 9.17) is 20.9 Å². The second-order valence-corrected chi connectivity index (χ2v) is 5.79. The lowest BCUT2D eigenvalue weighted by atomic mass is 9.87. The van der Waals surface area contributed by atoms with Gasteiger partial charge in [0.25, 0.3) is 0 Å². The molecule has 2 fully saturated rings. The van der Waals surface area contributed by atoms with Crippen LogP contribution in [-0.2, 0) is 9.47 Å². The van der Waals surface area contributed by atoms with Crippen LogP contribution in [0.3, 0.4) is 0 Å². The number of aliphatic hydroxyl groups excluding tert-OH is 6. The van der Waals surface area contributed by atoms with Crippen LogP contribution >= 0.6 is 0 Å². The van der Waals surface area contributed by atoms with Crippen LogP contribution in [0.4, 0.5) is 0 Å². The van der Waals surface area contributed by atoms with Crippen LogP contribution in [-0.4, -0.2) is 98.3 Å². The van der Waals surface area contributed by atoms with Gasteiger partial charge in [-0.1, -0.05) is 0 Å². The van der Waals surface area contributed by atoms with Crippen molar-refractivity contribution in [1.82, 2.24) is 0 Å². The van der Waals surface area contributed by atoms with Gasteiger partial charge in [-0.15, -0.1) is 0 Å². The van der Waals surface area contributed by atoms with Crippen molar-refractivity contribution in [2.45, 2.75) is 67.6 Å². The number of nitrogens with two attached hydrogens (primary N) is 2. The van der Waals surface area contributed by atoms with E-state index < -0.39 is 61.2 Å². The Hall–Kier alpha value is -0.400. The number of rotatable bonds is 3. The second kappa shape index (κ2) is 7.01. The predicted octanol–water partition coefficient (Wildman–Crippen LogP) is -5.05. The Balaban J connectivity index is 2.08. The second-order valence-electron chi connectivity index (χ2n) is 5.79. The van der Waals surface area contributed by atoms with Gasteiger partial charge in [-0.25, -0.2) is 0 Å². The fraction of sp³-hybridized carbons (Fsp3) is 1.00. The summed E-state index contributed by atoms with van der Waals surface area (Å²) in [5.41, 5.74) is 11.2. The van der Waals surface area contributed by atoms with Gasteiger partial charge in [-0.2, -0.15) is 0 Å². The maximum absolute atomic E-state index is 9.91. The third kappa shape index (κ3) is 3.26. The van der Waals surface area contributed by atoms with Crippen LogP contribution in [0.25, 0.3) is 0 Å². The van der Waals surface area contributed by atoms with Crippen LogP contribution in [0.1, 0.15) is 6.42 Å². The SMILES string of the molecule is NC[C@H]1O[C@H](O[C@H]2[C@H](O)[C@@H](O)[C@@H](O)C[C@@H]2O)[C@H](N)[C@@H](O)[C@@H]1O. The molecule has 0 spiro atoms. The van der Waals surface area contributed by atoms with Gasteiger partial charge in [-0.05, 0) is 0 Å². The molecule has 10 nitrogen and oxygen atoms in total. The molecule has 0 radical (unpaired) electrons. The lowest BCUT2D eigenvalue weighted by Gasteiger charge is -2.45. The van der Waals surface area contributed by atoms with Crippen LogP contribution in [0.5, 0.6) is 0 Å². The van der Waals surface area contributed by atoms with Crippen molar-refractivity contribution in [3.63, 3.8) is 0 Å². The van der Waals surface area contributed by atoms with E-state index in [1.807, 2.05) is 0 Å². The highest BCUT2D eigenvalue weighted by Crippen LogP contribution is 2.28. The minimum absolute atomic E-state index is 0.0953. The molecule has 1 aliphatic heterocycles. The number of hydrogen-bond donors (Lipinski definition) is 8. The average Bonchev–Trinajstić information content (AvgIpc) is 2.49. The van der Waals surface area contributed by atoms with Gasteiger partial charge >= 0.3 is 0 Å². The number of hydrogen-bond acceptors (Lipinski definition) is 10. The Bertz CT molecular complexity index is 373. The Kier molecular flexibility index (Phi) is 5.72. The molecule has 2 rings (SSSR count). The van der Waals surface area contributed by atoms with E-state index in [-0.39, 0.29) is 13.0 Å². The molecule has 0 unspecified atom stereocenters. The molecule has 0 aromatic heterocycles. The fourth-order valence-electron chi connectivity index (χ4n) is 2.77. The summed E-state index contributed by atoms with van der Waals surface area (Å²) in [6.45, 7) is -0.0953. The van der Waals surface area contributed by atoms with Gasteiger partial charge < -0.3 is 51.6 Å². The summed E-state index contributed by atoms with van der Waals surface area (Å²) in [4.78, 5) is 0. The van der Waals surface area contributed by atoms with Crippen LogP contribution in [0.15, 0.2) is 0 Å². The van der Waals surface area contributed by atoms with E-state index >= 15 is 0 Å². The lowest BCUT2D eigenvalue weighted by molar-refractivity contribution is -0.302. The first kappa shape index (κ1) is 17.9. The van der Waals surface area contributed by atoms with Crippen LogP contribution in [0.2, 0.25) is 0 Å².